The average molecular weight is 389 g/mol. The molecule has 2 aromatic carbocycles. The Hall–Kier alpha value is -3.49. The number of ether oxygens (including phenoxy) is 1. The van der Waals surface area contributed by atoms with Crippen LogP contribution < -0.4 is 0 Å². The summed E-state index contributed by atoms with van der Waals surface area (Å²) in [5.41, 5.74) is 1.56. The molecule has 144 valence electrons. The number of hydrogen-bond acceptors (Lipinski definition) is 6. The molecule has 0 amide bonds. The third-order valence-electron chi connectivity index (χ3n) is 3.68. The Morgan fingerprint density at radius 1 is 1.11 bits per heavy atom. The molecule has 3 rings (SSSR count). The van der Waals surface area contributed by atoms with E-state index in [1.165, 1.54) is 19.1 Å². The summed E-state index contributed by atoms with van der Waals surface area (Å²) >= 11 is 0. The Morgan fingerprint density at radius 3 is 2.32 bits per heavy atom. The maximum Gasteiger partial charge on any atom is 0.449 e. The first-order valence-corrected chi connectivity index (χ1v) is 8.17. The number of aliphatic hydroxyl groups is 1. The number of aliphatic imine (C=N–C) groups is 1. The molecule has 0 radical (unpaired) electrons. The number of para-hydroxylation sites is 2. The molecule has 1 aromatic heterocycles. The van der Waals surface area contributed by atoms with Crippen LogP contribution in [-0.2, 0) is 9.53 Å². The number of alkyl halides is 3. The van der Waals surface area contributed by atoms with E-state index >= 15 is 0 Å². The van der Waals surface area contributed by atoms with E-state index in [9.17, 15) is 23.1 Å². The molecule has 9 heteroatoms. The Balaban J connectivity index is 2.01. The van der Waals surface area contributed by atoms with Crippen LogP contribution in [0.25, 0.3) is 22.1 Å². The lowest BCUT2D eigenvalue weighted by molar-refractivity contribution is -0.141. The van der Waals surface area contributed by atoms with Crippen molar-refractivity contribution in [3.63, 3.8) is 0 Å². The van der Waals surface area contributed by atoms with Gasteiger partial charge < -0.3 is 9.84 Å². The highest BCUT2D eigenvalue weighted by molar-refractivity contribution is 6.10. The number of rotatable bonds is 4. The second kappa shape index (κ2) is 7.63. The van der Waals surface area contributed by atoms with Crippen molar-refractivity contribution >= 4 is 39.9 Å². The van der Waals surface area contributed by atoms with Gasteiger partial charge in [-0.25, -0.2) is 14.8 Å². The Morgan fingerprint density at radius 2 is 1.71 bits per heavy atom. The van der Waals surface area contributed by atoms with Crippen LogP contribution in [0.1, 0.15) is 6.92 Å². The van der Waals surface area contributed by atoms with Gasteiger partial charge in [0.1, 0.15) is 5.57 Å². The first-order chi connectivity index (χ1) is 13.3. The largest absolute Gasteiger partial charge is 0.504 e. The second-order valence-electron chi connectivity index (χ2n) is 5.62. The Kier molecular flexibility index (Phi) is 5.25. The number of halogens is 3. The summed E-state index contributed by atoms with van der Waals surface area (Å²) < 4.78 is 42.9. The number of aliphatic hydroxyl groups excluding tert-OH is 1. The number of hydrogen-bond donors (Lipinski definition) is 1. The van der Waals surface area contributed by atoms with Crippen LogP contribution in [0.15, 0.2) is 58.8 Å². The first-order valence-electron chi connectivity index (χ1n) is 8.17. The van der Waals surface area contributed by atoms with Gasteiger partial charge in [0.15, 0.2) is 0 Å². The first kappa shape index (κ1) is 19.3. The molecule has 0 aliphatic heterocycles. The van der Waals surface area contributed by atoms with Crippen molar-refractivity contribution in [3.05, 3.63) is 53.8 Å². The number of nitrogens with zero attached hydrogens (tertiary/aromatic N) is 3. The number of allylic oxidation sites excluding steroid dienone is 1. The lowest BCUT2D eigenvalue weighted by Gasteiger charge is -2.09. The van der Waals surface area contributed by atoms with E-state index in [-0.39, 0.29) is 12.3 Å². The van der Waals surface area contributed by atoms with E-state index in [4.69, 9.17) is 0 Å². The van der Waals surface area contributed by atoms with Gasteiger partial charge in [-0.15, -0.1) is 0 Å². The van der Waals surface area contributed by atoms with Gasteiger partial charge in [-0.3, -0.25) is 4.99 Å². The van der Waals surface area contributed by atoms with Crippen molar-refractivity contribution < 1.29 is 27.8 Å². The molecule has 3 aromatic rings. The van der Waals surface area contributed by atoms with Crippen molar-refractivity contribution in [3.8, 4) is 0 Å². The highest BCUT2D eigenvalue weighted by Crippen LogP contribution is 2.27. The number of carbonyl (C=O) groups is 1. The molecule has 0 aliphatic rings. The molecule has 1 heterocycles. The zero-order valence-corrected chi connectivity index (χ0v) is 14.6. The fourth-order valence-corrected chi connectivity index (χ4v) is 2.40. The molecule has 0 saturated carbocycles. The lowest BCUT2D eigenvalue weighted by Crippen LogP contribution is -2.20. The molecular formula is C19H14F3N3O3. The predicted molar refractivity (Wildman–Crippen MR) is 97.5 cm³/mol. The van der Waals surface area contributed by atoms with Crippen LogP contribution in [0, 0.1) is 0 Å². The van der Waals surface area contributed by atoms with Gasteiger partial charge in [-0.2, -0.15) is 13.2 Å². The lowest BCUT2D eigenvalue weighted by atomic mass is 10.2. The molecular weight excluding hydrogens is 375 g/mol. The van der Waals surface area contributed by atoms with Crippen LogP contribution in [0.3, 0.4) is 0 Å². The Labute approximate surface area is 157 Å². The summed E-state index contributed by atoms with van der Waals surface area (Å²) in [6, 6.07) is 11.9. The summed E-state index contributed by atoms with van der Waals surface area (Å²) in [6.45, 7) is 1.28. The summed E-state index contributed by atoms with van der Waals surface area (Å²) in [7, 11) is 0. The van der Waals surface area contributed by atoms with Crippen LogP contribution in [0.4, 0.5) is 18.9 Å². The van der Waals surface area contributed by atoms with Crippen LogP contribution in [0.5, 0.6) is 0 Å². The van der Waals surface area contributed by atoms with Gasteiger partial charge in [-0.1, -0.05) is 12.1 Å². The summed E-state index contributed by atoms with van der Waals surface area (Å²) in [4.78, 5) is 24.5. The molecule has 0 aliphatic carbocycles. The fourth-order valence-electron chi connectivity index (χ4n) is 2.40. The number of carbonyl (C=O) groups excluding carboxylic acids is 1. The maximum absolute atomic E-state index is 12.8. The van der Waals surface area contributed by atoms with Crippen molar-refractivity contribution in [1.82, 2.24) is 9.97 Å². The predicted octanol–water partition coefficient (Wildman–Crippen LogP) is 4.42. The maximum atomic E-state index is 12.8. The van der Waals surface area contributed by atoms with Crippen molar-refractivity contribution in [2.75, 3.05) is 6.61 Å². The van der Waals surface area contributed by atoms with Crippen molar-refractivity contribution in [2.45, 2.75) is 13.1 Å². The van der Waals surface area contributed by atoms with E-state index in [1.807, 2.05) is 12.1 Å². The third kappa shape index (κ3) is 4.08. The third-order valence-corrected chi connectivity index (χ3v) is 3.68. The van der Waals surface area contributed by atoms with E-state index in [2.05, 4.69) is 19.7 Å². The van der Waals surface area contributed by atoms with Crippen LogP contribution in [0.2, 0.25) is 0 Å². The van der Waals surface area contributed by atoms with Crippen molar-refractivity contribution in [1.29, 1.82) is 0 Å². The minimum Gasteiger partial charge on any atom is -0.504 e. The SMILES string of the molecule is CCOC(=O)/C(C=Nc1ccc2nc3ccccc3nc2c1)=C(/O)C(F)(F)F. The minimum atomic E-state index is -5.11. The topological polar surface area (TPSA) is 84.7 Å². The van der Waals surface area contributed by atoms with Gasteiger partial charge in [0.05, 0.1) is 34.4 Å². The smallest absolute Gasteiger partial charge is 0.449 e. The number of benzene rings is 2. The van der Waals surface area contributed by atoms with Gasteiger partial charge in [0.25, 0.3) is 0 Å². The van der Waals surface area contributed by atoms with E-state index < -0.39 is 23.5 Å². The molecule has 0 atom stereocenters. The summed E-state index contributed by atoms with van der Waals surface area (Å²) in [5, 5.41) is 9.35. The van der Waals surface area contributed by atoms with Crippen molar-refractivity contribution in [2.24, 2.45) is 4.99 Å². The van der Waals surface area contributed by atoms with E-state index in [0.29, 0.717) is 28.3 Å². The second-order valence-corrected chi connectivity index (χ2v) is 5.62. The normalized spacial score (nSPS) is 13.1. The average Bonchev–Trinajstić information content (AvgIpc) is 2.65. The van der Waals surface area contributed by atoms with Gasteiger partial charge in [0.2, 0.25) is 5.76 Å². The van der Waals surface area contributed by atoms with Gasteiger partial charge >= 0.3 is 12.1 Å². The highest BCUT2D eigenvalue weighted by atomic mass is 19.4. The number of aromatic nitrogens is 2. The molecule has 0 bridgehead atoms. The monoisotopic (exact) mass is 389 g/mol. The van der Waals surface area contributed by atoms with Crippen LogP contribution in [-0.4, -0.2) is 40.0 Å². The molecule has 0 fully saturated rings. The number of fused-ring (bicyclic) bond motifs is 2. The zero-order valence-electron chi connectivity index (χ0n) is 14.6. The quantitative estimate of drug-likeness (QED) is 0.235. The standard InChI is InChI=1S/C19H14F3N3O3/c1-2-28-18(27)12(17(26)19(20,21)22)10-23-11-7-8-15-16(9-11)25-14-6-4-3-5-13(14)24-15/h3-10,26H,2H2,1H3/b17-12+,23-10?. The molecule has 28 heavy (non-hydrogen) atoms. The molecule has 0 saturated heterocycles. The minimum absolute atomic E-state index is 0.153. The van der Waals surface area contributed by atoms with Crippen LogP contribution >= 0.6 is 0 Å². The summed E-state index contributed by atoms with van der Waals surface area (Å²) in [6.07, 6.45) is -4.49. The summed E-state index contributed by atoms with van der Waals surface area (Å²) in [5.74, 6) is -3.39. The fraction of sp³-hybridized carbons (Fsp3) is 0.158. The zero-order chi connectivity index (χ0) is 20.3. The van der Waals surface area contributed by atoms with Gasteiger partial charge in [0, 0.05) is 6.21 Å². The molecule has 6 nitrogen and oxygen atoms in total. The molecule has 0 unspecified atom stereocenters. The van der Waals surface area contributed by atoms with E-state index in [0.717, 1.165) is 0 Å². The Bertz CT molecular complexity index is 1110. The molecule has 1 N–H and O–H groups in total. The van der Waals surface area contributed by atoms with Gasteiger partial charge in [-0.05, 0) is 37.3 Å². The highest BCUT2D eigenvalue weighted by Gasteiger charge is 2.38. The number of esters is 1. The molecule has 0 spiro atoms. The van der Waals surface area contributed by atoms with E-state index in [1.54, 1.807) is 18.2 Å².